The van der Waals surface area contributed by atoms with Crippen molar-refractivity contribution in [2.45, 2.75) is 19.4 Å². The molecule has 0 radical (unpaired) electrons. The van der Waals surface area contributed by atoms with Gasteiger partial charge < -0.3 is 9.64 Å². The van der Waals surface area contributed by atoms with E-state index < -0.39 is 10.0 Å². The monoisotopic (exact) mass is 307 g/mol. The highest BCUT2D eigenvalue weighted by atomic mass is 32.2. The van der Waals surface area contributed by atoms with Crippen LogP contribution in [0.15, 0.2) is 0 Å². The summed E-state index contributed by atoms with van der Waals surface area (Å²) in [5, 5.41) is 0. The number of hydrogen-bond donors (Lipinski definition) is 0. The molecular weight excluding hydrogens is 278 g/mol. The van der Waals surface area contributed by atoms with Crippen LogP contribution in [0.1, 0.15) is 13.3 Å². The third kappa shape index (κ3) is 6.05. The molecule has 1 atom stereocenters. The quantitative estimate of drug-likeness (QED) is 0.628. The normalized spacial score (nSPS) is 19.7. The highest BCUT2D eigenvalue weighted by molar-refractivity contribution is 7.89. The largest absolute Gasteiger partial charge is 0.379 e. The zero-order valence-electron chi connectivity index (χ0n) is 13.2. The molecule has 1 aliphatic heterocycles. The lowest BCUT2D eigenvalue weighted by Crippen LogP contribution is -2.46. The van der Waals surface area contributed by atoms with Crippen LogP contribution in [0, 0.1) is 0 Å². The van der Waals surface area contributed by atoms with Crippen molar-refractivity contribution in [3.8, 4) is 0 Å². The minimum atomic E-state index is -3.06. The van der Waals surface area contributed by atoms with Gasteiger partial charge in [0.05, 0.1) is 19.0 Å². The molecule has 6 nitrogen and oxygen atoms in total. The van der Waals surface area contributed by atoms with Crippen LogP contribution in [0.3, 0.4) is 0 Å². The second-order valence-corrected chi connectivity index (χ2v) is 8.01. The first kappa shape index (κ1) is 17.8. The van der Waals surface area contributed by atoms with Crippen molar-refractivity contribution in [1.29, 1.82) is 0 Å². The minimum Gasteiger partial charge on any atom is -0.379 e. The van der Waals surface area contributed by atoms with E-state index in [4.69, 9.17) is 4.74 Å². The minimum absolute atomic E-state index is 0.219. The smallest absolute Gasteiger partial charge is 0.213 e. The van der Waals surface area contributed by atoms with E-state index >= 15 is 0 Å². The van der Waals surface area contributed by atoms with E-state index in [0.29, 0.717) is 12.5 Å². The summed E-state index contributed by atoms with van der Waals surface area (Å²) in [6, 6.07) is 0.481. The Hall–Kier alpha value is -0.210. The fourth-order valence-electron chi connectivity index (χ4n) is 2.38. The summed E-state index contributed by atoms with van der Waals surface area (Å²) in [5.74, 6) is 0.219. The summed E-state index contributed by atoms with van der Waals surface area (Å²) < 4.78 is 30.0. The Kier molecular flexibility index (Phi) is 7.39. The van der Waals surface area contributed by atoms with Gasteiger partial charge in [-0.3, -0.25) is 4.90 Å². The Morgan fingerprint density at radius 3 is 2.35 bits per heavy atom. The lowest BCUT2D eigenvalue weighted by atomic mass is 10.2. The van der Waals surface area contributed by atoms with Gasteiger partial charge in [0.25, 0.3) is 0 Å². The SMILES string of the molecule is CC(CN(C)CCCS(=O)(=O)N(C)C)N1CCOCC1. The summed E-state index contributed by atoms with van der Waals surface area (Å²) in [4.78, 5) is 4.64. The van der Waals surface area contributed by atoms with Gasteiger partial charge in [0, 0.05) is 39.8 Å². The van der Waals surface area contributed by atoms with Crippen molar-refractivity contribution in [1.82, 2.24) is 14.1 Å². The fourth-order valence-corrected chi connectivity index (χ4v) is 3.23. The van der Waals surface area contributed by atoms with E-state index in [-0.39, 0.29) is 5.75 Å². The first-order valence-corrected chi connectivity index (χ1v) is 8.84. The molecule has 120 valence electrons. The number of sulfonamides is 1. The van der Waals surface area contributed by atoms with Crippen LogP contribution in [0.4, 0.5) is 0 Å². The summed E-state index contributed by atoms with van der Waals surface area (Å²) in [6.07, 6.45) is 0.673. The molecular formula is C13H29N3O3S. The molecule has 0 aromatic heterocycles. The van der Waals surface area contributed by atoms with E-state index in [1.807, 2.05) is 0 Å². The van der Waals surface area contributed by atoms with Crippen LogP contribution in [0.5, 0.6) is 0 Å². The number of hydrogen-bond acceptors (Lipinski definition) is 5. The molecule has 0 amide bonds. The molecule has 0 saturated carbocycles. The van der Waals surface area contributed by atoms with Crippen LogP contribution >= 0.6 is 0 Å². The van der Waals surface area contributed by atoms with Crippen molar-refractivity contribution in [3.05, 3.63) is 0 Å². The number of morpholine rings is 1. The molecule has 0 N–H and O–H groups in total. The first-order valence-electron chi connectivity index (χ1n) is 7.23. The third-order valence-corrected chi connectivity index (χ3v) is 5.66. The Labute approximate surface area is 123 Å². The fraction of sp³-hybridized carbons (Fsp3) is 1.00. The summed E-state index contributed by atoms with van der Waals surface area (Å²) in [7, 11) is 2.16. The Balaban J connectivity index is 2.24. The molecule has 20 heavy (non-hydrogen) atoms. The maximum absolute atomic E-state index is 11.7. The average molecular weight is 307 g/mol. The first-order chi connectivity index (χ1) is 9.33. The predicted molar refractivity (Wildman–Crippen MR) is 81.4 cm³/mol. The molecule has 1 saturated heterocycles. The summed E-state index contributed by atoms with van der Waals surface area (Å²) in [6.45, 7) is 7.60. The van der Waals surface area contributed by atoms with Gasteiger partial charge in [-0.1, -0.05) is 0 Å². The molecule has 1 rings (SSSR count). The van der Waals surface area contributed by atoms with E-state index in [9.17, 15) is 8.42 Å². The van der Waals surface area contributed by atoms with E-state index in [0.717, 1.165) is 39.4 Å². The van der Waals surface area contributed by atoms with Gasteiger partial charge in [0.15, 0.2) is 0 Å². The molecule has 0 bridgehead atoms. The average Bonchev–Trinajstić information content (AvgIpc) is 2.39. The van der Waals surface area contributed by atoms with Crippen LogP contribution in [0.25, 0.3) is 0 Å². The number of ether oxygens (including phenoxy) is 1. The van der Waals surface area contributed by atoms with Gasteiger partial charge in [-0.05, 0) is 26.9 Å². The summed E-state index contributed by atoms with van der Waals surface area (Å²) in [5.41, 5.74) is 0. The second-order valence-electron chi connectivity index (χ2n) is 5.71. The van der Waals surface area contributed by atoms with Crippen molar-refractivity contribution < 1.29 is 13.2 Å². The number of nitrogens with zero attached hydrogens (tertiary/aromatic N) is 3. The maximum Gasteiger partial charge on any atom is 0.213 e. The lowest BCUT2D eigenvalue weighted by Gasteiger charge is -2.34. The van der Waals surface area contributed by atoms with Crippen LogP contribution in [0.2, 0.25) is 0 Å². The van der Waals surface area contributed by atoms with E-state index in [1.54, 1.807) is 14.1 Å². The van der Waals surface area contributed by atoms with Gasteiger partial charge >= 0.3 is 0 Å². The number of rotatable bonds is 8. The molecule has 0 aromatic carbocycles. The number of likely N-dealkylation sites (N-methyl/N-ethyl adjacent to an activating group) is 1. The van der Waals surface area contributed by atoms with Crippen LogP contribution in [-0.4, -0.2) is 94.9 Å². The molecule has 1 unspecified atom stereocenters. The molecule has 7 heteroatoms. The molecule has 0 aliphatic carbocycles. The molecule has 1 heterocycles. The van der Waals surface area contributed by atoms with Crippen molar-refractivity contribution >= 4 is 10.0 Å². The Bertz CT molecular complexity index is 367. The Morgan fingerprint density at radius 2 is 1.80 bits per heavy atom. The van der Waals surface area contributed by atoms with Crippen LogP contribution in [-0.2, 0) is 14.8 Å². The van der Waals surface area contributed by atoms with Crippen molar-refractivity contribution in [2.24, 2.45) is 0 Å². The van der Waals surface area contributed by atoms with Gasteiger partial charge in [-0.2, -0.15) is 0 Å². The summed E-state index contributed by atoms with van der Waals surface area (Å²) >= 11 is 0. The van der Waals surface area contributed by atoms with E-state index in [1.165, 1.54) is 4.31 Å². The highest BCUT2D eigenvalue weighted by Gasteiger charge is 2.19. The predicted octanol–water partition coefficient (Wildman–Crippen LogP) is -0.0796. The maximum atomic E-state index is 11.7. The third-order valence-electron chi connectivity index (χ3n) is 3.74. The standard InChI is InChI=1S/C13H29N3O3S/c1-13(16-7-9-19-10-8-16)12-15(4)6-5-11-20(17,18)14(2)3/h13H,5-12H2,1-4H3. The van der Waals surface area contributed by atoms with Gasteiger partial charge in [-0.15, -0.1) is 0 Å². The molecule has 1 aliphatic rings. The highest BCUT2D eigenvalue weighted by Crippen LogP contribution is 2.06. The molecule has 0 aromatic rings. The zero-order valence-corrected chi connectivity index (χ0v) is 14.0. The second kappa shape index (κ2) is 8.29. The zero-order chi connectivity index (χ0) is 15.2. The lowest BCUT2D eigenvalue weighted by molar-refractivity contribution is 0.0142. The topological polar surface area (TPSA) is 53.1 Å². The van der Waals surface area contributed by atoms with Crippen molar-refractivity contribution in [2.75, 3.05) is 66.3 Å². The van der Waals surface area contributed by atoms with Gasteiger partial charge in [0.2, 0.25) is 10.0 Å². The molecule has 0 spiro atoms. The molecule has 1 fully saturated rings. The Morgan fingerprint density at radius 1 is 1.20 bits per heavy atom. The van der Waals surface area contributed by atoms with Crippen LogP contribution < -0.4 is 0 Å². The van der Waals surface area contributed by atoms with E-state index in [2.05, 4.69) is 23.8 Å². The van der Waals surface area contributed by atoms with Gasteiger partial charge in [0.1, 0.15) is 0 Å². The van der Waals surface area contributed by atoms with Crippen molar-refractivity contribution in [3.63, 3.8) is 0 Å². The van der Waals surface area contributed by atoms with Gasteiger partial charge in [-0.25, -0.2) is 12.7 Å².